The largest absolute Gasteiger partial charge is 0.495 e. The highest BCUT2D eigenvalue weighted by Gasteiger charge is 2.46. The average molecular weight is 1660 g/mol. The summed E-state index contributed by atoms with van der Waals surface area (Å²) in [6.45, 7) is 18.6. The Morgan fingerprint density at radius 2 is 0.887 bits per heavy atom. The number of methoxy groups -OCH3 is 5. The maximum Gasteiger partial charge on any atom is 0.243 e. The van der Waals surface area contributed by atoms with Gasteiger partial charge in [0.1, 0.15) is 45.4 Å². The number of ether oxygens (including phenoxy) is 9. The summed E-state index contributed by atoms with van der Waals surface area (Å²) >= 11 is 27.0. The van der Waals surface area contributed by atoms with Crippen LogP contribution in [0.3, 0.4) is 0 Å². The number of aromatic nitrogens is 9. The first kappa shape index (κ1) is 82.4. The molecule has 6 saturated heterocycles. The fourth-order valence-electron chi connectivity index (χ4n) is 14.3. The zero-order valence-corrected chi connectivity index (χ0v) is 66.8. The van der Waals surface area contributed by atoms with Gasteiger partial charge in [0.25, 0.3) is 0 Å². The minimum Gasteiger partial charge on any atom is -0.495 e. The lowest BCUT2D eigenvalue weighted by molar-refractivity contribution is -0.118. The molecule has 0 aliphatic carbocycles. The number of anilines is 6. The molecule has 606 valence electrons. The van der Waals surface area contributed by atoms with Gasteiger partial charge in [0.2, 0.25) is 35.6 Å². The van der Waals surface area contributed by atoms with Gasteiger partial charge in [-0.1, -0.05) is 66.1 Å². The summed E-state index contributed by atoms with van der Waals surface area (Å²) in [6, 6.07) is 9.27. The Balaban J connectivity index is 0.000000151. The van der Waals surface area contributed by atoms with E-state index in [1.807, 2.05) is 11.0 Å². The van der Waals surface area contributed by atoms with E-state index in [2.05, 4.69) is 86.8 Å². The monoisotopic (exact) mass is 1660 g/mol. The van der Waals surface area contributed by atoms with Crippen LogP contribution in [0.15, 0.2) is 99.0 Å². The van der Waals surface area contributed by atoms with Gasteiger partial charge in [-0.15, -0.1) is 0 Å². The van der Waals surface area contributed by atoms with Gasteiger partial charge in [0.15, 0.2) is 29.0 Å². The summed E-state index contributed by atoms with van der Waals surface area (Å²) in [7, 11) is 9.03. The molecule has 15 rings (SSSR count). The van der Waals surface area contributed by atoms with Crippen LogP contribution in [-0.4, -0.2) is 231 Å². The molecule has 3 amide bonds. The predicted molar refractivity (Wildman–Crippen MR) is 434 cm³/mol. The number of hydrogen-bond acceptors (Lipinski definition) is 28. The maximum atomic E-state index is 14.8. The zero-order chi connectivity index (χ0) is 81.6. The summed E-state index contributed by atoms with van der Waals surface area (Å²) in [4.78, 5) is 81.7. The van der Waals surface area contributed by atoms with Crippen molar-refractivity contribution in [2.24, 2.45) is 5.41 Å². The number of nitrogens with one attached hydrogen (secondary N) is 7. The van der Waals surface area contributed by atoms with Crippen LogP contribution in [0.2, 0.25) is 20.1 Å². The molecule has 12 heterocycles. The number of β-amino-alcohol motifs (C(OH)–C–C–N with tert-alkyl or cyclic N) is 1. The van der Waals surface area contributed by atoms with Gasteiger partial charge in [-0.2, -0.15) is 0 Å². The van der Waals surface area contributed by atoms with Crippen molar-refractivity contribution in [2.45, 2.75) is 68.0 Å². The van der Waals surface area contributed by atoms with Crippen LogP contribution in [0.1, 0.15) is 26.2 Å². The van der Waals surface area contributed by atoms with Gasteiger partial charge >= 0.3 is 0 Å². The highest BCUT2D eigenvalue weighted by atomic mass is 35.5. The van der Waals surface area contributed by atoms with Crippen molar-refractivity contribution in [1.82, 2.24) is 60.8 Å². The number of aliphatic hydroxyl groups is 1. The van der Waals surface area contributed by atoms with Gasteiger partial charge in [-0.3, -0.25) is 14.4 Å². The van der Waals surface area contributed by atoms with Gasteiger partial charge in [0.05, 0.1) is 160 Å². The Morgan fingerprint density at radius 3 is 1.27 bits per heavy atom. The summed E-state index contributed by atoms with van der Waals surface area (Å²) < 4.78 is 78.4. The van der Waals surface area contributed by atoms with Crippen molar-refractivity contribution in [2.75, 3.05) is 153 Å². The number of pyridine rings is 3. The average Bonchev–Trinajstić information content (AvgIpc) is 1.17. The van der Waals surface area contributed by atoms with Crippen molar-refractivity contribution < 1.29 is 70.9 Å². The van der Waals surface area contributed by atoms with E-state index in [1.54, 1.807) is 44.6 Å². The van der Waals surface area contributed by atoms with E-state index >= 15 is 0 Å². The van der Waals surface area contributed by atoms with Crippen molar-refractivity contribution in [3.05, 3.63) is 131 Å². The van der Waals surface area contributed by atoms with Crippen LogP contribution in [-0.2, 0) is 33.3 Å². The van der Waals surface area contributed by atoms with Crippen LogP contribution >= 0.6 is 46.4 Å². The Labute approximate surface area is 679 Å². The second-order valence-electron chi connectivity index (χ2n) is 28.1. The third-order valence-corrected chi connectivity index (χ3v) is 22.0. The molecular weight excluding hydrogens is 1580 g/mol. The predicted octanol–water partition coefficient (Wildman–Crippen LogP) is 10.1. The lowest BCUT2D eigenvalue weighted by Gasteiger charge is -2.52. The molecule has 115 heavy (non-hydrogen) atoms. The zero-order valence-electron chi connectivity index (χ0n) is 63.7. The minimum absolute atomic E-state index is 0.0708. The lowest BCUT2D eigenvalue weighted by atomic mass is 9.73. The Kier molecular flexibility index (Phi) is 25.5. The van der Waals surface area contributed by atoms with Gasteiger partial charge in [-0.25, -0.2) is 53.6 Å². The maximum absolute atomic E-state index is 14.8. The fourth-order valence-corrected chi connectivity index (χ4v) is 15.7. The van der Waals surface area contributed by atoms with Crippen LogP contribution in [0, 0.1) is 17.0 Å². The first-order valence-corrected chi connectivity index (χ1v) is 38.0. The number of rotatable bonds is 23. The smallest absolute Gasteiger partial charge is 0.243 e. The number of carbonyl (C=O) groups is 3. The summed E-state index contributed by atoms with van der Waals surface area (Å²) in [6.07, 6.45) is 11.2. The van der Waals surface area contributed by atoms with Crippen LogP contribution in [0.4, 0.5) is 44.1 Å². The molecule has 1 spiro atoms. The first-order valence-electron chi connectivity index (χ1n) is 36.5. The number of amides is 3. The molecule has 8 N–H and O–H groups in total. The second kappa shape index (κ2) is 35.6. The molecule has 0 unspecified atom stereocenters. The van der Waals surface area contributed by atoms with E-state index < -0.39 is 17.2 Å². The molecule has 0 bridgehead atoms. The molecule has 31 nitrogen and oxygen atoms in total. The molecule has 6 aliphatic heterocycles. The van der Waals surface area contributed by atoms with Gasteiger partial charge in [-0.05, 0) is 74.7 Å². The van der Waals surface area contributed by atoms with E-state index in [1.165, 1.54) is 72.1 Å². The van der Waals surface area contributed by atoms with Crippen molar-refractivity contribution >= 4 is 132 Å². The third-order valence-electron chi connectivity index (χ3n) is 20.5. The van der Waals surface area contributed by atoms with Crippen molar-refractivity contribution in [3.63, 3.8) is 0 Å². The SMILES string of the molecule is C=CC(=O)N[C@H]1COC[C@H]1Nc1ncc2cc(-c3c(Cl)c(OC)cc(OC)c3Cl)nc(N3CC4(CCOCC4)C3)c2n1.C=CC(=O)N[C@H]1COC[C@H]1Nc1ncc2cc(-c3c(Cl)c(OC)cc(OC)c3Cl)nc(N3CC[C@](C)(O)C3)c2n1.C=CC(=O)N[C@H]1COC[C@H]1Nc1ncc2cc(-c3c(F)ccc(OC)c3F)nc(NC)c2n1. The Bertz CT molecular complexity index is 5170. The highest BCUT2D eigenvalue weighted by molar-refractivity contribution is 6.42. The standard InChI is InChI=1S/C29H32Cl2N6O5.C27H30Cl2N6O5.C22H22F2N6O3/c1-4-22(38)33-18-12-42-13-19(18)35-28-32-11-16-9-17(23-24(30)20(39-2)10-21(40-3)25(23)31)34-27(26(16)36-28)37-14-29(15-37)5-7-41-8-6-29;1-5-20(36)31-16-11-40-12-17(16)33-26-30-10-14-8-15(21-22(28)18(38-3)9-19(39-4)23(21)29)32-25(24(14)34-26)35-7-6-27(2,37)13-35;1-4-17(31)27-14-9-33-10-15(14)29-22-26-8-11-7-13(28-21(25-2)20(11)30-22)18-12(23)5-6-16(32-3)19(18)24/h4,9-11,18-19H,1,5-8,12-15H2,2-3H3,(H,33,38)(H,32,35,36);5,8-10,16-17,37H,1,6-7,11-13H2,2-4H3,(H,31,36)(H,30,33,34);4-8,14-15H,1,9-10H2,2-3H3,(H,25,28)(H,27,31)(H,26,29,30)/t18-,19+;16-,17+,27-;14-,15+/m000/s1. The number of fused-ring (bicyclic) bond motifs is 3. The summed E-state index contributed by atoms with van der Waals surface area (Å²) in [5.74, 6) is 1.69. The molecule has 7 atom stereocenters. The van der Waals surface area contributed by atoms with Crippen molar-refractivity contribution in [1.29, 1.82) is 0 Å². The molecule has 6 aromatic heterocycles. The first-order chi connectivity index (χ1) is 55.4. The summed E-state index contributed by atoms with van der Waals surface area (Å²) in [5, 5.41) is 35.2. The fraction of sp³-hybridized carbons (Fsp3) is 0.385. The number of carbonyl (C=O) groups excluding carboxylic acids is 3. The molecule has 6 fully saturated rings. The number of benzene rings is 3. The molecular formula is C78H84Cl4F2N18O13. The topological polar surface area (TPSA) is 361 Å². The number of nitrogens with zero attached hydrogens (tertiary/aromatic N) is 11. The lowest BCUT2D eigenvalue weighted by Crippen LogP contribution is -2.59. The minimum atomic E-state index is -0.885. The van der Waals surface area contributed by atoms with Crippen molar-refractivity contribution in [3.8, 4) is 62.5 Å². The van der Waals surface area contributed by atoms with Crippen LogP contribution < -0.4 is 70.7 Å². The van der Waals surface area contributed by atoms with Crippen LogP contribution in [0.5, 0.6) is 28.7 Å². The number of hydrogen-bond donors (Lipinski definition) is 8. The molecule has 0 saturated carbocycles. The quantitative estimate of drug-likeness (QED) is 0.0276. The van der Waals surface area contributed by atoms with E-state index in [4.69, 9.17) is 109 Å². The molecule has 3 aromatic carbocycles. The molecule has 0 radical (unpaired) electrons. The highest BCUT2D eigenvalue weighted by Crippen LogP contribution is 2.50. The van der Waals surface area contributed by atoms with E-state index in [9.17, 15) is 28.3 Å². The van der Waals surface area contributed by atoms with Gasteiger partial charge in [0, 0.05) is 110 Å². The summed E-state index contributed by atoms with van der Waals surface area (Å²) in [5.41, 5.74) is 2.77. The van der Waals surface area contributed by atoms with Crippen LogP contribution in [0.25, 0.3) is 66.5 Å². The van der Waals surface area contributed by atoms with E-state index in [-0.39, 0.29) is 86.4 Å². The number of halogens is 6. The normalized spacial score (nSPS) is 20.6. The van der Waals surface area contributed by atoms with E-state index in [0.717, 1.165) is 50.6 Å². The molecule has 37 heteroatoms. The third kappa shape index (κ3) is 17.8. The Hall–Kier alpha value is -10.6. The molecule has 6 aliphatic rings. The Morgan fingerprint density at radius 1 is 0.504 bits per heavy atom. The molecule has 9 aromatic rings. The van der Waals surface area contributed by atoms with E-state index in [0.29, 0.717) is 177 Å². The van der Waals surface area contributed by atoms with Gasteiger partial charge < -0.3 is 94.8 Å². The second-order valence-corrected chi connectivity index (χ2v) is 29.6.